The quantitative estimate of drug-likeness (QED) is 0.550. The van der Waals surface area contributed by atoms with Crippen molar-refractivity contribution in [3.63, 3.8) is 0 Å². The van der Waals surface area contributed by atoms with Gasteiger partial charge >= 0.3 is 0 Å². The van der Waals surface area contributed by atoms with Crippen LogP contribution in [0.3, 0.4) is 0 Å². The lowest BCUT2D eigenvalue weighted by Crippen LogP contribution is -2.42. The zero-order valence-corrected chi connectivity index (χ0v) is 19.1. The van der Waals surface area contributed by atoms with Crippen molar-refractivity contribution in [1.82, 2.24) is 14.9 Å². The largest absolute Gasteiger partial charge is 0.379 e. The van der Waals surface area contributed by atoms with Crippen molar-refractivity contribution < 1.29 is 17.9 Å². The number of carbonyl (C=O) groups excluding carboxylic acids is 1. The molecule has 1 atom stereocenters. The number of amides is 1. The third-order valence-electron chi connectivity index (χ3n) is 4.55. The highest BCUT2D eigenvalue weighted by atomic mass is 79.9. The van der Waals surface area contributed by atoms with Crippen molar-refractivity contribution in [1.29, 1.82) is 0 Å². The summed E-state index contributed by atoms with van der Waals surface area (Å²) in [7, 11) is -3.75. The van der Waals surface area contributed by atoms with Crippen molar-refractivity contribution in [3.05, 3.63) is 51.1 Å². The molecule has 2 heterocycles. The van der Waals surface area contributed by atoms with Gasteiger partial charge < -0.3 is 10.1 Å². The maximum atomic E-state index is 12.8. The van der Waals surface area contributed by atoms with E-state index in [2.05, 4.69) is 30.9 Å². The first-order valence-electron chi connectivity index (χ1n) is 9.32. The van der Waals surface area contributed by atoms with Crippen molar-refractivity contribution in [2.75, 3.05) is 39.4 Å². The van der Waals surface area contributed by atoms with Crippen LogP contribution in [0.5, 0.6) is 0 Å². The monoisotopic (exact) mass is 501 g/mol. The van der Waals surface area contributed by atoms with E-state index in [1.54, 1.807) is 12.1 Å². The van der Waals surface area contributed by atoms with Crippen LogP contribution in [0.15, 0.2) is 51.1 Å². The zero-order valence-electron chi connectivity index (χ0n) is 15.8. The molecule has 0 saturated carbocycles. The van der Waals surface area contributed by atoms with Crippen LogP contribution in [0.4, 0.5) is 0 Å². The molecule has 158 valence electrons. The maximum Gasteiger partial charge on any atom is 0.241 e. The number of hydrogen-bond donors (Lipinski definition) is 2. The lowest BCUT2D eigenvalue weighted by atomic mass is 10.2. The molecule has 0 radical (unpaired) electrons. The minimum Gasteiger partial charge on any atom is -0.379 e. The Morgan fingerprint density at radius 2 is 1.93 bits per heavy atom. The Morgan fingerprint density at radius 1 is 1.21 bits per heavy atom. The number of sulfonamides is 1. The van der Waals surface area contributed by atoms with Gasteiger partial charge in [-0.2, -0.15) is 0 Å². The fourth-order valence-electron chi connectivity index (χ4n) is 2.99. The summed E-state index contributed by atoms with van der Waals surface area (Å²) in [5.41, 5.74) is 0. The second kappa shape index (κ2) is 10.6. The van der Waals surface area contributed by atoms with E-state index >= 15 is 0 Å². The normalized spacial score (nSPS) is 16.4. The lowest BCUT2D eigenvalue weighted by Gasteiger charge is -2.26. The standard InChI is InChI=1S/C19H24BrN3O4S2/c20-15-3-5-16(6-4-15)29(25,26)22-17(18-2-1-13-28-18)14-19(24)21-7-8-23-9-11-27-12-10-23/h1-6,13,17,22H,7-12,14H2,(H,21,24). The van der Waals surface area contributed by atoms with Crippen molar-refractivity contribution >= 4 is 43.2 Å². The summed E-state index contributed by atoms with van der Waals surface area (Å²) < 4.78 is 34.4. The molecule has 1 fully saturated rings. The Bertz CT molecular complexity index is 883. The fraction of sp³-hybridized carbons (Fsp3) is 0.421. The summed E-state index contributed by atoms with van der Waals surface area (Å²) in [4.78, 5) is 15.7. The van der Waals surface area contributed by atoms with Crippen LogP contribution in [-0.2, 0) is 19.6 Å². The molecule has 0 bridgehead atoms. The highest BCUT2D eigenvalue weighted by Gasteiger charge is 2.24. The molecule has 1 aliphatic heterocycles. The molecule has 0 spiro atoms. The molecule has 2 N–H and O–H groups in total. The van der Waals surface area contributed by atoms with E-state index in [0.717, 1.165) is 29.0 Å². The van der Waals surface area contributed by atoms with Gasteiger partial charge in [0.25, 0.3) is 0 Å². The maximum absolute atomic E-state index is 12.8. The van der Waals surface area contributed by atoms with E-state index in [4.69, 9.17) is 4.74 Å². The van der Waals surface area contributed by atoms with Gasteiger partial charge in [-0.25, -0.2) is 13.1 Å². The Morgan fingerprint density at radius 3 is 2.59 bits per heavy atom. The van der Waals surface area contributed by atoms with E-state index in [1.165, 1.54) is 23.5 Å². The summed E-state index contributed by atoms with van der Waals surface area (Å²) in [6.45, 7) is 4.43. The molecule has 1 aromatic carbocycles. The van der Waals surface area contributed by atoms with E-state index in [1.807, 2.05) is 17.5 Å². The predicted molar refractivity (Wildman–Crippen MR) is 116 cm³/mol. The van der Waals surface area contributed by atoms with Gasteiger partial charge in [0.2, 0.25) is 15.9 Å². The minimum absolute atomic E-state index is 0.0411. The summed E-state index contributed by atoms with van der Waals surface area (Å²) >= 11 is 4.72. The van der Waals surface area contributed by atoms with Gasteiger partial charge in [-0.1, -0.05) is 22.0 Å². The first-order chi connectivity index (χ1) is 13.9. The van der Waals surface area contributed by atoms with Gasteiger partial charge in [0.1, 0.15) is 0 Å². The van der Waals surface area contributed by atoms with Crippen LogP contribution in [-0.4, -0.2) is 58.6 Å². The van der Waals surface area contributed by atoms with Crippen LogP contribution in [0.25, 0.3) is 0 Å². The number of benzene rings is 1. The number of halogens is 1. The SMILES string of the molecule is O=C(CC(NS(=O)(=O)c1ccc(Br)cc1)c1cccs1)NCCN1CCOCC1. The Balaban J connectivity index is 1.60. The molecule has 1 aliphatic rings. The molecular weight excluding hydrogens is 478 g/mol. The molecule has 1 saturated heterocycles. The Kier molecular flexibility index (Phi) is 8.22. The average Bonchev–Trinajstić information content (AvgIpc) is 3.23. The smallest absolute Gasteiger partial charge is 0.241 e. The Hall–Kier alpha value is -1.30. The number of ether oxygens (including phenoxy) is 1. The van der Waals surface area contributed by atoms with Gasteiger partial charge in [0, 0.05) is 41.9 Å². The Labute approximate surface area is 183 Å². The highest BCUT2D eigenvalue weighted by Crippen LogP contribution is 2.25. The topological polar surface area (TPSA) is 87.7 Å². The van der Waals surface area contributed by atoms with E-state index < -0.39 is 16.1 Å². The molecule has 3 rings (SSSR count). The summed E-state index contributed by atoms with van der Waals surface area (Å²) in [6, 6.07) is 9.46. The van der Waals surface area contributed by atoms with Gasteiger partial charge in [0.15, 0.2) is 0 Å². The molecule has 29 heavy (non-hydrogen) atoms. The third kappa shape index (κ3) is 6.87. The first kappa shape index (κ1) is 22.4. The van der Waals surface area contributed by atoms with Crippen molar-refractivity contribution in [3.8, 4) is 0 Å². The fourth-order valence-corrected chi connectivity index (χ4v) is 5.33. The molecule has 1 amide bonds. The predicted octanol–water partition coefficient (Wildman–Crippen LogP) is 2.37. The van der Waals surface area contributed by atoms with E-state index in [-0.39, 0.29) is 17.2 Å². The second-order valence-corrected chi connectivity index (χ2v) is 10.3. The summed E-state index contributed by atoms with van der Waals surface area (Å²) in [6.07, 6.45) is 0.0411. The number of rotatable bonds is 9. The lowest BCUT2D eigenvalue weighted by molar-refractivity contribution is -0.121. The van der Waals surface area contributed by atoms with Gasteiger partial charge in [0.05, 0.1) is 24.2 Å². The van der Waals surface area contributed by atoms with E-state index in [9.17, 15) is 13.2 Å². The number of thiophene rings is 1. The van der Waals surface area contributed by atoms with E-state index in [0.29, 0.717) is 19.8 Å². The van der Waals surface area contributed by atoms with Gasteiger partial charge in [-0.3, -0.25) is 9.69 Å². The molecular formula is C19H24BrN3O4S2. The van der Waals surface area contributed by atoms with Crippen molar-refractivity contribution in [2.45, 2.75) is 17.4 Å². The molecule has 1 aromatic heterocycles. The number of hydrogen-bond acceptors (Lipinski definition) is 6. The molecule has 10 heteroatoms. The highest BCUT2D eigenvalue weighted by molar-refractivity contribution is 9.10. The van der Waals surface area contributed by atoms with Gasteiger partial charge in [-0.05, 0) is 35.7 Å². The number of nitrogens with one attached hydrogen (secondary N) is 2. The van der Waals surface area contributed by atoms with Crippen LogP contribution >= 0.6 is 27.3 Å². The first-order valence-corrected chi connectivity index (χ1v) is 12.5. The van der Waals surface area contributed by atoms with Crippen LogP contribution < -0.4 is 10.0 Å². The van der Waals surface area contributed by atoms with Crippen molar-refractivity contribution in [2.24, 2.45) is 0 Å². The van der Waals surface area contributed by atoms with Crippen LogP contribution in [0.1, 0.15) is 17.3 Å². The number of nitrogens with zero attached hydrogens (tertiary/aromatic N) is 1. The third-order valence-corrected chi connectivity index (χ3v) is 7.55. The molecule has 0 aliphatic carbocycles. The zero-order chi connectivity index (χ0) is 20.7. The van der Waals surface area contributed by atoms with Crippen LogP contribution in [0, 0.1) is 0 Å². The van der Waals surface area contributed by atoms with Gasteiger partial charge in [-0.15, -0.1) is 11.3 Å². The summed E-state index contributed by atoms with van der Waals surface area (Å²) in [5.74, 6) is -0.185. The number of morpholine rings is 1. The minimum atomic E-state index is -3.75. The molecule has 1 unspecified atom stereocenters. The number of carbonyl (C=O) groups is 1. The average molecular weight is 502 g/mol. The summed E-state index contributed by atoms with van der Waals surface area (Å²) in [5, 5.41) is 4.77. The second-order valence-electron chi connectivity index (χ2n) is 6.65. The van der Waals surface area contributed by atoms with Crippen LogP contribution in [0.2, 0.25) is 0 Å². The molecule has 2 aromatic rings. The molecule has 7 nitrogen and oxygen atoms in total.